The molecule has 0 saturated carbocycles. The van der Waals surface area contributed by atoms with Crippen LogP contribution in [0.3, 0.4) is 0 Å². The minimum atomic E-state index is -3.91. The minimum absolute atomic E-state index is 0.0265. The maximum absolute atomic E-state index is 13.1. The van der Waals surface area contributed by atoms with Gasteiger partial charge in [-0.25, -0.2) is 21.6 Å². The fourth-order valence-electron chi connectivity index (χ4n) is 4.57. The summed E-state index contributed by atoms with van der Waals surface area (Å²) in [7, 11) is -7.72. The van der Waals surface area contributed by atoms with Crippen molar-refractivity contribution in [3.05, 3.63) is 56.0 Å². The molecule has 2 amide bonds. The topological polar surface area (TPSA) is 133 Å². The third-order valence-electron chi connectivity index (χ3n) is 6.48. The number of likely N-dealkylation sites (tertiary alicyclic amines) is 2. The fourth-order valence-corrected chi connectivity index (χ4v) is 8.02. The summed E-state index contributed by atoms with van der Waals surface area (Å²) < 4.78 is 55.9. The average molecular weight is 636 g/mol. The van der Waals surface area contributed by atoms with Crippen LogP contribution in [0.15, 0.2) is 46.7 Å². The van der Waals surface area contributed by atoms with Gasteiger partial charge in [-0.05, 0) is 62.1 Å². The summed E-state index contributed by atoms with van der Waals surface area (Å²) in [5, 5.41) is 1.29. The van der Waals surface area contributed by atoms with Gasteiger partial charge < -0.3 is 9.80 Å². The largest absolute Gasteiger partial charge is 0.337 e. The molecular formula is C24H28Cl2N4O6S3. The highest BCUT2D eigenvalue weighted by Crippen LogP contribution is 2.23. The van der Waals surface area contributed by atoms with Gasteiger partial charge in [-0.15, -0.1) is 11.3 Å². The lowest BCUT2D eigenvalue weighted by atomic mass is 10.1. The van der Waals surface area contributed by atoms with Crippen molar-refractivity contribution >= 4 is 72.5 Å². The number of carbonyl (C=O) groups excluding carboxylic acids is 2. The summed E-state index contributed by atoms with van der Waals surface area (Å²) in [6.45, 7) is 0.584. The summed E-state index contributed by atoms with van der Waals surface area (Å²) in [4.78, 5) is 29.8. The quantitative estimate of drug-likeness (QED) is 0.413. The fraction of sp³-hybridized carbons (Fsp3) is 0.417. The predicted molar refractivity (Wildman–Crippen MR) is 151 cm³/mol. The van der Waals surface area contributed by atoms with Crippen LogP contribution >= 0.6 is 34.5 Å². The van der Waals surface area contributed by atoms with Crippen LogP contribution < -0.4 is 9.44 Å². The lowest BCUT2D eigenvalue weighted by molar-refractivity contribution is -0.143. The molecule has 10 nitrogen and oxygen atoms in total. The van der Waals surface area contributed by atoms with E-state index in [1.807, 2.05) is 0 Å². The van der Waals surface area contributed by atoms with Gasteiger partial charge in [0, 0.05) is 41.0 Å². The molecule has 3 heterocycles. The summed E-state index contributed by atoms with van der Waals surface area (Å²) in [6, 6.07) is 7.91. The monoisotopic (exact) mass is 634 g/mol. The highest BCUT2D eigenvalue weighted by molar-refractivity contribution is 7.92. The molecule has 15 heteroatoms. The van der Waals surface area contributed by atoms with Crippen LogP contribution in [-0.2, 0) is 29.6 Å². The number of halogens is 2. The third kappa shape index (κ3) is 8.03. The van der Waals surface area contributed by atoms with Gasteiger partial charge in [-0.2, -0.15) is 4.72 Å². The van der Waals surface area contributed by atoms with Crippen LogP contribution in [0.25, 0.3) is 6.08 Å². The molecule has 2 atom stereocenters. The van der Waals surface area contributed by atoms with Crippen molar-refractivity contribution < 1.29 is 26.4 Å². The second-order valence-corrected chi connectivity index (χ2v) is 14.8. The number of thiophene rings is 1. The molecular weight excluding hydrogens is 607 g/mol. The second-order valence-electron chi connectivity index (χ2n) is 9.25. The molecule has 4 rings (SSSR count). The van der Waals surface area contributed by atoms with E-state index >= 15 is 0 Å². The van der Waals surface area contributed by atoms with Gasteiger partial charge in [-0.3, -0.25) is 9.59 Å². The van der Waals surface area contributed by atoms with E-state index in [1.54, 1.807) is 29.2 Å². The van der Waals surface area contributed by atoms with Crippen molar-refractivity contribution in [2.75, 3.05) is 26.2 Å². The Labute approximate surface area is 242 Å². The molecule has 2 fully saturated rings. The molecule has 0 radical (unpaired) electrons. The summed E-state index contributed by atoms with van der Waals surface area (Å²) in [5.74, 6) is -0.783. The number of benzene rings is 1. The Morgan fingerprint density at radius 2 is 1.85 bits per heavy atom. The van der Waals surface area contributed by atoms with Gasteiger partial charge in [0.1, 0.15) is 6.04 Å². The Morgan fingerprint density at radius 3 is 2.56 bits per heavy atom. The first-order chi connectivity index (χ1) is 18.4. The van der Waals surface area contributed by atoms with Crippen molar-refractivity contribution in [2.24, 2.45) is 0 Å². The van der Waals surface area contributed by atoms with Crippen LogP contribution in [0.4, 0.5) is 0 Å². The third-order valence-corrected chi connectivity index (χ3v) is 10.4. The number of rotatable bonds is 10. The molecule has 212 valence electrons. The molecule has 0 aliphatic carbocycles. The zero-order chi connectivity index (χ0) is 28.2. The number of nitrogens with zero attached hydrogens (tertiary/aromatic N) is 2. The Bertz CT molecular complexity index is 1460. The lowest BCUT2D eigenvalue weighted by Crippen LogP contribution is -2.55. The van der Waals surface area contributed by atoms with E-state index in [-0.39, 0.29) is 29.9 Å². The molecule has 2 aromatic rings. The van der Waals surface area contributed by atoms with Crippen molar-refractivity contribution in [3.63, 3.8) is 0 Å². The molecule has 2 aliphatic heterocycles. The van der Waals surface area contributed by atoms with Gasteiger partial charge in [0.2, 0.25) is 31.9 Å². The van der Waals surface area contributed by atoms with E-state index in [4.69, 9.17) is 23.2 Å². The highest BCUT2D eigenvalue weighted by Gasteiger charge is 2.35. The van der Waals surface area contributed by atoms with Crippen molar-refractivity contribution in [1.82, 2.24) is 19.2 Å². The second kappa shape index (κ2) is 12.7. The average Bonchev–Trinajstić information content (AvgIpc) is 3.53. The Kier molecular flexibility index (Phi) is 9.74. The molecule has 0 spiro atoms. The summed E-state index contributed by atoms with van der Waals surface area (Å²) in [6.07, 6.45) is 3.56. The maximum Gasteiger partial charge on any atom is 0.242 e. The molecule has 2 saturated heterocycles. The van der Waals surface area contributed by atoms with Gasteiger partial charge in [0.15, 0.2) is 0 Å². The van der Waals surface area contributed by atoms with E-state index in [0.29, 0.717) is 53.0 Å². The maximum atomic E-state index is 13.1. The zero-order valence-electron chi connectivity index (χ0n) is 20.8. The number of piperidine rings is 1. The standard InChI is InChI=1S/C24H28Cl2N4O6S3/c25-17-4-1-6-20(14-17)39(35,36)27-15-18-5-2-12-30(18)23(31)16-29-11-3-7-21(24(29)32)28-38(33,34)13-10-19-8-9-22(26)37-19/h1,4,6,8-10,13-14,18,21,27-28H,2-3,5,7,11-12,15-16H2/b13-10+/t18-,21-/m0/s1. The van der Waals surface area contributed by atoms with E-state index < -0.39 is 32.0 Å². The number of hydrogen-bond donors (Lipinski definition) is 2. The molecule has 1 aromatic heterocycles. The van der Waals surface area contributed by atoms with E-state index in [2.05, 4.69) is 9.44 Å². The Balaban J connectivity index is 1.33. The van der Waals surface area contributed by atoms with Gasteiger partial charge >= 0.3 is 0 Å². The normalized spacial score (nSPS) is 20.7. The van der Waals surface area contributed by atoms with Crippen molar-refractivity contribution in [1.29, 1.82) is 0 Å². The number of carbonyl (C=O) groups is 2. The Hall–Kier alpha value is -2.00. The molecule has 0 bridgehead atoms. The molecule has 2 aliphatic rings. The van der Waals surface area contributed by atoms with Crippen LogP contribution in [0.5, 0.6) is 0 Å². The summed E-state index contributed by atoms with van der Waals surface area (Å²) >= 11 is 13.0. The van der Waals surface area contributed by atoms with E-state index in [9.17, 15) is 26.4 Å². The highest BCUT2D eigenvalue weighted by atomic mass is 35.5. The molecule has 2 N–H and O–H groups in total. The first-order valence-electron chi connectivity index (χ1n) is 12.2. The SMILES string of the molecule is O=C1[C@@H](NS(=O)(=O)/C=C/c2ccc(Cl)s2)CCCN1CC(=O)N1CCC[C@H]1CNS(=O)(=O)c1cccc(Cl)c1. The number of sulfonamides is 2. The molecule has 39 heavy (non-hydrogen) atoms. The van der Waals surface area contributed by atoms with Crippen LogP contribution in [0.1, 0.15) is 30.6 Å². The van der Waals surface area contributed by atoms with Gasteiger partial charge in [0.25, 0.3) is 0 Å². The number of hydrogen-bond acceptors (Lipinski definition) is 7. The minimum Gasteiger partial charge on any atom is -0.337 e. The smallest absolute Gasteiger partial charge is 0.242 e. The first-order valence-corrected chi connectivity index (χ1v) is 16.8. The molecule has 1 aromatic carbocycles. The van der Waals surface area contributed by atoms with Gasteiger partial charge in [-0.1, -0.05) is 29.3 Å². The van der Waals surface area contributed by atoms with Crippen LogP contribution in [0, 0.1) is 0 Å². The van der Waals surface area contributed by atoms with Gasteiger partial charge in [0.05, 0.1) is 15.8 Å². The van der Waals surface area contributed by atoms with Crippen molar-refractivity contribution in [3.8, 4) is 0 Å². The summed E-state index contributed by atoms with van der Waals surface area (Å²) in [5.41, 5.74) is 0. The predicted octanol–water partition coefficient (Wildman–Crippen LogP) is 2.91. The zero-order valence-corrected chi connectivity index (χ0v) is 24.7. The Morgan fingerprint density at radius 1 is 1.08 bits per heavy atom. The first kappa shape index (κ1) is 30.0. The number of nitrogens with one attached hydrogen (secondary N) is 2. The van der Waals surface area contributed by atoms with Crippen molar-refractivity contribution in [2.45, 2.75) is 42.7 Å². The van der Waals surface area contributed by atoms with Crippen LogP contribution in [0.2, 0.25) is 9.36 Å². The number of amides is 2. The van der Waals surface area contributed by atoms with Crippen LogP contribution in [-0.4, -0.2) is 76.7 Å². The lowest BCUT2D eigenvalue weighted by Gasteiger charge is -2.34. The van der Waals surface area contributed by atoms with E-state index in [0.717, 1.165) is 5.41 Å². The van der Waals surface area contributed by atoms with E-state index in [1.165, 1.54) is 34.4 Å². The molecule has 0 unspecified atom stereocenters.